The van der Waals surface area contributed by atoms with E-state index in [9.17, 15) is 4.79 Å². The molecule has 0 bridgehead atoms. The maximum atomic E-state index is 12.0. The maximum Gasteiger partial charge on any atom is 0.268 e. The molecule has 3 heterocycles. The molecular weight excluding hydrogens is 356 g/mol. The Labute approximate surface area is 161 Å². The number of rotatable bonds is 4. The molecule has 4 aromatic rings. The first-order valence-corrected chi connectivity index (χ1v) is 8.62. The Bertz CT molecular complexity index is 1130. The van der Waals surface area contributed by atoms with E-state index in [0.29, 0.717) is 28.7 Å². The molecule has 4 rings (SSSR count). The fraction of sp³-hybridized carbons (Fsp3) is 0.150. The van der Waals surface area contributed by atoms with E-state index in [1.165, 1.54) is 4.90 Å². The van der Waals surface area contributed by atoms with Gasteiger partial charge in [0.1, 0.15) is 11.4 Å². The van der Waals surface area contributed by atoms with Crippen LogP contribution in [0.4, 0.5) is 0 Å². The highest BCUT2D eigenvalue weighted by atomic mass is 16.4. The van der Waals surface area contributed by atoms with E-state index >= 15 is 0 Å². The standard InChI is InChI=1S/C20H18N6O2/c1-25(2)20(27)14-8-6-13(7-9-14)15-11-21-12-16(22-15)18-23-24-19(28-18)17-5-4-10-26(17)3/h4-12H,1-3H3. The number of aromatic nitrogens is 5. The number of carbonyl (C=O) groups is 1. The van der Waals surface area contributed by atoms with E-state index in [-0.39, 0.29) is 5.91 Å². The fourth-order valence-electron chi connectivity index (χ4n) is 2.76. The number of benzene rings is 1. The summed E-state index contributed by atoms with van der Waals surface area (Å²) in [6.07, 6.45) is 5.14. The van der Waals surface area contributed by atoms with E-state index in [1.54, 1.807) is 38.6 Å². The minimum atomic E-state index is -0.0505. The van der Waals surface area contributed by atoms with Gasteiger partial charge >= 0.3 is 0 Å². The Morgan fingerprint density at radius 3 is 2.39 bits per heavy atom. The molecule has 28 heavy (non-hydrogen) atoms. The predicted molar refractivity (Wildman–Crippen MR) is 103 cm³/mol. The zero-order valence-corrected chi connectivity index (χ0v) is 15.7. The van der Waals surface area contributed by atoms with E-state index in [4.69, 9.17) is 4.42 Å². The van der Waals surface area contributed by atoms with Crippen molar-refractivity contribution in [3.8, 4) is 34.4 Å². The van der Waals surface area contributed by atoms with Crippen molar-refractivity contribution in [1.82, 2.24) is 29.6 Å². The van der Waals surface area contributed by atoms with Crippen molar-refractivity contribution < 1.29 is 9.21 Å². The molecule has 8 heteroatoms. The van der Waals surface area contributed by atoms with Crippen molar-refractivity contribution >= 4 is 5.91 Å². The normalized spacial score (nSPS) is 10.8. The summed E-state index contributed by atoms with van der Waals surface area (Å²) in [5, 5.41) is 8.19. The highest BCUT2D eigenvalue weighted by Crippen LogP contribution is 2.24. The van der Waals surface area contributed by atoms with Gasteiger partial charge in [0.05, 0.1) is 18.1 Å². The number of carbonyl (C=O) groups excluding carboxylic acids is 1. The largest absolute Gasteiger partial charge is 0.413 e. The number of hydrogen-bond donors (Lipinski definition) is 0. The highest BCUT2D eigenvalue weighted by Gasteiger charge is 2.15. The molecule has 140 valence electrons. The first-order chi connectivity index (χ1) is 13.5. The summed E-state index contributed by atoms with van der Waals surface area (Å²) in [7, 11) is 5.35. The molecule has 0 radical (unpaired) electrons. The zero-order valence-electron chi connectivity index (χ0n) is 15.7. The molecule has 1 amide bonds. The van der Waals surface area contributed by atoms with Crippen molar-refractivity contribution in [2.75, 3.05) is 14.1 Å². The third kappa shape index (κ3) is 3.27. The summed E-state index contributed by atoms with van der Waals surface area (Å²) >= 11 is 0. The van der Waals surface area contributed by atoms with Gasteiger partial charge in [-0.05, 0) is 24.3 Å². The molecule has 8 nitrogen and oxygen atoms in total. The molecule has 0 aliphatic rings. The average molecular weight is 374 g/mol. The predicted octanol–water partition coefficient (Wildman–Crippen LogP) is 2.90. The zero-order chi connectivity index (χ0) is 19.7. The van der Waals surface area contributed by atoms with Gasteiger partial charge in [-0.25, -0.2) is 4.98 Å². The average Bonchev–Trinajstić information content (AvgIpc) is 3.36. The van der Waals surface area contributed by atoms with Crippen LogP contribution in [0.2, 0.25) is 0 Å². The summed E-state index contributed by atoms with van der Waals surface area (Å²) < 4.78 is 7.67. The minimum Gasteiger partial charge on any atom is -0.413 e. The maximum absolute atomic E-state index is 12.0. The number of aryl methyl sites for hydroxylation is 1. The Hall–Kier alpha value is -3.81. The highest BCUT2D eigenvalue weighted by molar-refractivity contribution is 5.94. The quantitative estimate of drug-likeness (QED) is 0.546. The van der Waals surface area contributed by atoms with Crippen LogP contribution in [-0.4, -0.2) is 49.6 Å². The van der Waals surface area contributed by atoms with Gasteiger partial charge in [-0.2, -0.15) is 0 Å². The lowest BCUT2D eigenvalue weighted by Crippen LogP contribution is -2.21. The second-order valence-corrected chi connectivity index (χ2v) is 6.48. The molecule has 0 N–H and O–H groups in total. The number of amides is 1. The summed E-state index contributed by atoms with van der Waals surface area (Å²) in [6.45, 7) is 0. The van der Waals surface area contributed by atoms with E-state index in [0.717, 1.165) is 11.3 Å². The van der Waals surface area contributed by atoms with Gasteiger partial charge < -0.3 is 13.9 Å². The second kappa shape index (κ2) is 7.07. The van der Waals surface area contributed by atoms with Crippen molar-refractivity contribution in [2.45, 2.75) is 0 Å². The third-order valence-corrected chi connectivity index (χ3v) is 4.28. The topological polar surface area (TPSA) is 89.9 Å². The summed E-state index contributed by atoms with van der Waals surface area (Å²) in [5.41, 5.74) is 3.41. The lowest BCUT2D eigenvalue weighted by molar-refractivity contribution is 0.0827. The van der Waals surface area contributed by atoms with Crippen LogP contribution in [0.1, 0.15) is 10.4 Å². The van der Waals surface area contributed by atoms with Crippen molar-refractivity contribution in [3.63, 3.8) is 0 Å². The minimum absolute atomic E-state index is 0.0505. The Kier molecular flexibility index (Phi) is 4.44. The Balaban J connectivity index is 1.63. The summed E-state index contributed by atoms with van der Waals surface area (Å²) in [5.74, 6) is 0.664. The van der Waals surface area contributed by atoms with Crippen molar-refractivity contribution in [1.29, 1.82) is 0 Å². The van der Waals surface area contributed by atoms with Gasteiger partial charge in [-0.15, -0.1) is 10.2 Å². The van der Waals surface area contributed by atoms with Crippen LogP contribution in [0.5, 0.6) is 0 Å². The smallest absolute Gasteiger partial charge is 0.268 e. The van der Waals surface area contributed by atoms with Crippen LogP contribution in [0.3, 0.4) is 0 Å². The van der Waals surface area contributed by atoms with Gasteiger partial charge in [-0.3, -0.25) is 9.78 Å². The lowest BCUT2D eigenvalue weighted by atomic mass is 10.1. The van der Waals surface area contributed by atoms with Gasteiger partial charge in [0.2, 0.25) is 0 Å². The molecule has 1 aromatic carbocycles. The van der Waals surface area contributed by atoms with Crippen LogP contribution in [0.15, 0.2) is 59.4 Å². The van der Waals surface area contributed by atoms with Gasteiger partial charge in [0.15, 0.2) is 0 Å². The van der Waals surface area contributed by atoms with Crippen molar-refractivity contribution in [2.24, 2.45) is 7.05 Å². The molecule has 0 spiro atoms. The first-order valence-electron chi connectivity index (χ1n) is 8.62. The molecule has 0 atom stereocenters. The van der Waals surface area contributed by atoms with Crippen LogP contribution < -0.4 is 0 Å². The molecular formula is C20H18N6O2. The summed E-state index contributed by atoms with van der Waals surface area (Å²) in [4.78, 5) is 22.4. The Morgan fingerprint density at radius 2 is 1.71 bits per heavy atom. The third-order valence-electron chi connectivity index (χ3n) is 4.28. The molecule has 3 aromatic heterocycles. The number of hydrogen-bond acceptors (Lipinski definition) is 6. The first kappa shape index (κ1) is 17.6. The lowest BCUT2D eigenvalue weighted by Gasteiger charge is -2.10. The fourth-order valence-corrected chi connectivity index (χ4v) is 2.76. The van der Waals surface area contributed by atoms with Crippen LogP contribution in [0.25, 0.3) is 34.4 Å². The second-order valence-electron chi connectivity index (χ2n) is 6.48. The molecule has 0 aliphatic carbocycles. The van der Waals surface area contributed by atoms with E-state index in [2.05, 4.69) is 20.2 Å². The van der Waals surface area contributed by atoms with Gasteiger partial charge in [0.25, 0.3) is 17.7 Å². The molecule has 0 saturated heterocycles. The van der Waals surface area contributed by atoms with Crippen LogP contribution in [0, 0.1) is 0 Å². The van der Waals surface area contributed by atoms with Crippen LogP contribution >= 0.6 is 0 Å². The van der Waals surface area contributed by atoms with Gasteiger partial charge in [0, 0.05) is 38.5 Å². The molecule has 0 unspecified atom stereocenters. The molecule has 0 fully saturated rings. The molecule has 0 aliphatic heterocycles. The van der Waals surface area contributed by atoms with Crippen molar-refractivity contribution in [3.05, 3.63) is 60.6 Å². The van der Waals surface area contributed by atoms with E-state index in [1.807, 2.05) is 42.1 Å². The van der Waals surface area contributed by atoms with Crippen LogP contribution in [-0.2, 0) is 7.05 Å². The number of nitrogens with zero attached hydrogens (tertiary/aromatic N) is 6. The summed E-state index contributed by atoms with van der Waals surface area (Å²) in [6, 6.07) is 11.0. The van der Waals surface area contributed by atoms with Gasteiger partial charge in [-0.1, -0.05) is 12.1 Å². The SMILES string of the molecule is CN(C)C(=O)c1ccc(-c2cncc(-c3nnc(-c4cccn4C)o3)n2)cc1. The molecule has 0 saturated carbocycles. The Morgan fingerprint density at radius 1 is 1.00 bits per heavy atom. The van der Waals surface area contributed by atoms with E-state index < -0.39 is 0 Å². The monoisotopic (exact) mass is 374 g/mol.